The number of aldehydes is 2. The van der Waals surface area contributed by atoms with Crippen molar-refractivity contribution in [3.05, 3.63) is 0 Å². The minimum absolute atomic E-state index is 0.0252. The Bertz CT molecular complexity index is 322. The summed E-state index contributed by atoms with van der Waals surface area (Å²) in [5.74, 6) is -1.73. The summed E-state index contributed by atoms with van der Waals surface area (Å²) in [6.07, 6.45) is 4.23. The lowest BCUT2D eigenvalue weighted by molar-refractivity contribution is -0.140. The highest BCUT2D eigenvalue weighted by Crippen LogP contribution is 2.27. The molecule has 19 heavy (non-hydrogen) atoms. The first-order valence-electron chi connectivity index (χ1n) is 6.95. The van der Waals surface area contributed by atoms with Gasteiger partial charge in [0.05, 0.1) is 0 Å². The van der Waals surface area contributed by atoms with E-state index in [0.29, 0.717) is 6.29 Å². The number of carbonyl (C=O) groups is 4. The van der Waals surface area contributed by atoms with E-state index in [1.165, 1.54) is 0 Å². The number of carbonyl (C=O) groups excluding carboxylic acids is 4. The quantitative estimate of drug-likeness (QED) is 0.426. The largest absolute Gasteiger partial charge is 0.303 e. The molecule has 0 aromatic carbocycles. The fourth-order valence-electron chi connectivity index (χ4n) is 2.27. The zero-order valence-electron chi connectivity index (χ0n) is 12.1. The van der Waals surface area contributed by atoms with Gasteiger partial charge in [0.1, 0.15) is 12.6 Å². The number of Topliss-reactive ketones (excluding diaryl/α,β-unsaturated/α-hetero) is 2. The normalized spacial score (nSPS) is 15.3. The SMILES string of the molecule is CCCCC(C(C)C=O)C(C)C(=O)C(=O)CCC=O. The van der Waals surface area contributed by atoms with Crippen LogP contribution in [0.4, 0.5) is 0 Å². The van der Waals surface area contributed by atoms with Gasteiger partial charge >= 0.3 is 0 Å². The lowest BCUT2D eigenvalue weighted by Gasteiger charge is -2.25. The Balaban J connectivity index is 4.71. The molecule has 3 unspecified atom stereocenters. The van der Waals surface area contributed by atoms with Crippen LogP contribution in [-0.4, -0.2) is 24.1 Å². The molecule has 0 aliphatic heterocycles. The van der Waals surface area contributed by atoms with Crippen LogP contribution in [0.5, 0.6) is 0 Å². The van der Waals surface area contributed by atoms with Crippen molar-refractivity contribution in [1.82, 2.24) is 0 Å². The molecule has 0 saturated carbocycles. The third kappa shape index (κ3) is 5.90. The van der Waals surface area contributed by atoms with Gasteiger partial charge in [0, 0.05) is 24.7 Å². The minimum Gasteiger partial charge on any atom is -0.303 e. The molecule has 108 valence electrons. The third-order valence-electron chi connectivity index (χ3n) is 3.60. The summed E-state index contributed by atoms with van der Waals surface area (Å²) in [5.41, 5.74) is 0. The summed E-state index contributed by atoms with van der Waals surface area (Å²) in [6.45, 7) is 5.54. The molecule has 0 rings (SSSR count). The van der Waals surface area contributed by atoms with Gasteiger partial charge in [0.25, 0.3) is 0 Å². The van der Waals surface area contributed by atoms with Crippen molar-refractivity contribution >= 4 is 24.1 Å². The number of hydrogen-bond acceptors (Lipinski definition) is 4. The van der Waals surface area contributed by atoms with Gasteiger partial charge in [-0.05, 0) is 12.3 Å². The second-order valence-electron chi connectivity index (χ2n) is 5.08. The van der Waals surface area contributed by atoms with E-state index in [-0.39, 0.29) is 24.7 Å². The van der Waals surface area contributed by atoms with Crippen LogP contribution in [0.1, 0.15) is 52.9 Å². The van der Waals surface area contributed by atoms with Gasteiger partial charge in [-0.25, -0.2) is 0 Å². The molecule has 4 nitrogen and oxygen atoms in total. The standard InChI is InChI=1S/C15H24O4/c1-4-5-7-13(11(2)10-17)12(3)15(19)14(18)8-6-9-16/h9-13H,4-8H2,1-3H3. The van der Waals surface area contributed by atoms with Crippen LogP contribution < -0.4 is 0 Å². The average molecular weight is 268 g/mol. The van der Waals surface area contributed by atoms with Gasteiger partial charge in [0.2, 0.25) is 5.78 Å². The Hall–Kier alpha value is -1.32. The maximum Gasteiger partial charge on any atom is 0.201 e. The predicted molar refractivity (Wildman–Crippen MR) is 72.7 cm³/mol. The molecule has 0 amide bonds. The van der Waals surface area contributed by atoms with Crippen molar-refractivity contribution in [2.75, 3.05) is 0 Å². The van der Waals surface area contributed by atoms with Gasteiger partial charge < -0.3 is 9.59 Å². The zero-order chi connectivity index (χ0) is 14.8. The van der Waals surface area contributed by atoms with Crippen molar-refractivity contribution in [2.24, 2.45) is 17.8 Å². The van der Waals surface area contributed by atoms with E-state index in [4.69, 9.17) is 0 Å². The van der Waals surface area contributed by atoms with Gasteiger partial charge in [0.15, 0.2) is 5.78 Å². The van der Waals surface area contributed by atoms with Crippen LogP contribution in [-0.2, 0) is 19.2 Å². The van der Waals surface area contributed by atoms with Crippen molar-refractivity contribution in [2.45, 2.75) is 52.9 Å². The van der Waals surface area contributed by atoms with Gasteiger partial charge in [-0.3, -0.25) is 9.59 Å². The lowest BCUT2D eigenvalue weighted by atomic mass is 9.77. The van der Waals surface area contributed by atoms with Crippen LogP contribution in [0.3, 0.4) is 0 Å². The van der Waals surface area contributed by atoms with E-state index >= 15 is 0 Å². The Morgan fingerprint density at radius 2 is 1.79 bits per heavy atom. The Morgan fingerprint density at radius 3 is 2.26 bits per heavy atom. The highest BCUT2D eigenvalue weighted by atomic mass is 16.2. The number of hydrogen-bond donors (Lipinski definition) is 0. The molecular weight excluding hydrogens is 244 g/mol. The maximum absolute atomic E-state index is 12.0. The molecule has 0 aromatic heterocycles. The zero-order valence-corrected chi connectivity index (χ0v) is 12.1. The molecule has 0 saturated heterocycles. The topological polar surface area (TPSA) is 68.3 Å². The molecule has 0 radical (unpaired) electrons. The molecule has 0 aromatic rings. The van der Waals surface area contributed by atoms with Crippen molar-refractivity contribution in [3.8, 4) is 0 Å². The number of ketones is 2. The summed E-state index contributed by atoms with van der Waals surface area (Å²) < 4.78 is 0. The molecule has 0 spiro atoms. The minimum atomic E-state index is -0.501. The predicted octanol–water partition coefficient (Wildman–Crippen LogP) is 2.38. The molecule has 0 N–H and O–H groups in total. The fourth-order valence-corrected chi connectivity index (χ4v) is 2.27. The molecule has 0 aliphatic rings. The molecule has 0 aliphatic carbocycles. The second-order valence-corrected chi connectivity index (χ2v) is 5.08. The smallest absolute Gasteiger partial charge is 0.201 e. The summed E-state index contributed by atoms with van der Waals surface area (Å²) >= 11 is 0. The Kier molecular flexibility index (Phi) is 8.92. The van der Waals surface area contributed by atoms with E-state index < -0.39 is 17.5 Å². The molecule has 3 atom stereocenters. The molecule has 0 heterocycles. The number of rotatable bonds is 11. The van der Waals surface area contributed by atoms with Crippen molar-refractivity contribution < 1.29 is 19.2 Å². The highest BCUT2D eigenvalue weighted by Gasteiger charge is 2.31. The molecule has 0 bridgehead atoms. The van der Waals surface area contributed by atoms with Crippen LogP contribution in [0.15, 0.2) is 0 Å². The van der Waals surface area contributed by atoms with E-state index in [1.807, 2.05) is 6.92 Å². The first kappa shape index (κ1) is 17.7. The van der Waals surface area contributed by atoms with E-state index in [9.17, 15) is 19.2 Å². The molecule has 0 fully saturated rings. The lowest BCUT2D eigenvalue weighted by Crippen LogP contribution is -2.31. The van der Waals surface area contributed by atoms with Gasteiger partial charge in [-0.2, -0.15) is 0 Å². The van der Waals surface area contributed by atoms with E-state index in [2.05, 4.69) is 0 Å². The first-order chi connectivity index (χ1) is 8.99. The van der Waals surface area contributed by atoms with Crippen LogP contribution in [0, 0.1) is 17.8 Å². The first-order valence-corrected chi connectivity index (χ1v) is 6.95. The van der Waals surface area contributed by atoms with Crippen LogP contribution in [0.2, 0.25) is 0 Å². The average Bonchev–Trinajstić information content (AvgIpc) is 2.43. The Labute approximate surface area is 114 Å². The Morgan fingerprint density at radius 1 is 1.16 bits per heavy atom. The summed E-state index contributed by atoms with van der Waals surface area (Å²) in [6, 6.07) is 0. The summed E-state index contributed by atoms with van der Waals surface area (Å²) in [7, 11) is 0. The summed E-state index contributed by atoms with van der Waals surface area (Å²) in [4.78, 5) is 44.8. The monoisotopic (exact) mass is 268 g/mol. The number of unbranched alkanes of at least 4 members (excludes halogenated alkanes) is 1. The van der Waals surface area contributed by atoms with Crippen LogP contribution >= 0.6 is 0 Å². The highest BCUT2D eigenvalue weighted by molar-refractivity contribution is 6.38. The summed E-state index contributed by atoms with van der Waals surface area (Å²) in [5, 5.41) is 0. The third-order valence-corrected chi connectivity index (χ3v) is 3.60. The van der Waals surface area contributed by atoms with Crippen molar-refractivity contribution in [3.63, 3.8) is 0 Å². The molecule has 4 heteroatoms. The maximum atomic E-state index is 12.0. The second kappa shape index (κ2) is 9.59. The van der Waals surface area contributed by atoms with E-state index in [0.717, 1.165) is 25.5 Å². The van der Waals surface area contributed by atoms with Gasteiger partial charge in [-0.15, -0.1) is 0 Å². The van der Waals surface area contributed by atoms with Crippen molar-refractivity contribution in [1.29, 1.82) is 0 Å². The fraction of sp³-hybridized carbons (Fsp3) is 0.733. The molecular formula is C15H24O4. The van der Waals surface area contributed by atoms with Crippen LogP contribution in [0.25, 0.3) is 0 Å². The van der Waals surface area contributed by atoms with Gasteiger partial charge in [-0.1, -0.05) is 33.6 Å². The van der Waals surface area contributed by atoms with E-state index in [1.54, 1.807) is 13.8 Å².